The van der Waals surface area contributed by atoms with E-state index in [1.807, 2.05) is 18.2 Å². The number of hydrogen-bond acceptors (Lipinski definition) is 3. The SMILES string of the molecule is CC(NC(=O)c1ccc2c(c1)COC2)C1CCCCN1. The molecule has 1 amide bonds. The van der Waals surface area contributed by atoms with Crippen LogP contribution in [0.2, 0.25) is 0 Å². The van der Waals surface area contributed by atoms with Crippen molar-refractivity contribution in [3.05, 3.63) is 34.9 Å². The Morgan fingerprint density at radius 3 is 3.00 bits per heavy atom. The average molecular weight is 274 g/mol. The van der Waals surface area contributed by atoms with Gasteiger partial charge in [0.15, 0.2) is 0 Å². The third kappa shape index (κ3) is 2.86. The van der Waals surface area contributed by atoms with E-state index in [1.54, 1.807) is 0 Å². The van der Waals surface area contributed by atoms with Crippen molar-refractivity contribution >= 4 is 5.91 Å². The van der Waals surface area contributed by atoms with Crippen LogP contribution in [-0.4, -0.2) is 24.5 Å². The van der Waals surface area contributed by atoms with Gasteiger partial charge in [0.1, 0.15) is 0 Å². The van der Waals surface area contributed by atoms with Crippen LogP contribution < -0.4 is 10.6 Å². The first-order chi connectivity index (χ1) is 9.74. The number of carbonyl (C=O) groups is 1. The molecule has 0 spiro atoms. The molecule has 0 aromatic heterocycles. The second-order valence-electron chi connectivity index (χ2n) is 5.79. The van der Waals surface area contributed by atoms with Gasteiger partial charge in [-0.25, -0.2) is 0 Å². The zero-order valence-electron chi connectivity index (χ0n) is 11.9. The van der Waals surface area contributed by atoms with Gasteiger partial charge in [-0.05, 0) is 49.6 Å². The summed E-state index contributed by atoms with van der Waals surface area (Å²) in [6, 6.07) is 6.40. The summed E-state index contributed by atoms with van der Waals surface area (Å²) in [6.07, 6.45) is 3.62. The highest BCUT2D eigenvalue weighted by Gasteiger charge is 2.22. The van der Waals surface area contributed by atoms with Crippen molar-refractivity contribution < 1.29 is 9.53 Å². The van der Waals surface area contributed by atoms with Crippen LogP contribution >= 0.6 is 0 Å². The fourth-order valence-electron chi connectivity index (χ4n) is 3.01. The van der Waals surface area contributed by atoms with Crippen molar-refractivity contribution in [2.24, 2.45) is 0 Å². The van der Waals surface area contributed by atoms with Crippen LogP contribution in [0.25, 0.3) is 0 Å². The first-order valence-corrected chi connectivity index (χ1v) is 7.48. The van der Waals surface area contributed by atoms with E-state index >= 15 is 0 Å². The topological polar surface area (TPSA) is 50.4 Å². The average Bonchev–Trinajstić information content (AvgIpc) is 2.95. The number of benzene rings is 1. The van der Waals surface area contributed by atoms with Gasteiger partial charge in [0.25, 0.3) is 5.91 Å². The molecule has 2 heterocycles. The quantitative estimate of drug-likeness (QED) is 0.886. The molecule has 0 saturated carbocycles. The van der Waals surface area contributed by atoms with Crippen molar-refractivity contribution in [2.45, 2.75) is 51.5 Å². The molecule has 20 heavy (non-hydrogen) atoms. The molecule has 1 aromatic carbocycles. The van der Waals surface area contributed by atoms with Gasteiger partial charge in [0, 0.05) is 17.6 Å². The maximum atomic E-state index is 12.3. The predicted octanol–water partition coefficient (Wildman–Crippen LogP) is 1.98. The minimum absolute atomic E-state index is 0.0135. The molecule has 2 unspecified atom stereocenters. The highest BCUT2D eigenvalue weighted by Crippen LogP contribution is 2.21. The van der Waals surface area contributed by atoms with Crippen molar-refractivity contribution in [1.29, 1.82) is 0 Å². The molecule has 0 radical (unpaired) electrons. The fourth-order valence-corrected chi connectivity index (χ4v) is 3.01. The highest BCUT2D eigenvalue weighted by atomic mass is 16.5. The summed E-state index contributed by atoms with van der Waals surface area (Å²) in [6.45, 7) is 4.42. The van der Waals surface area contributed by atoms with Gasteiger partial charge in [0.05, 0.1) is 13.2 Å². The number of nitrogens with one attached hydrogen (secondary N) is 2. The third-order valence-electron chi connectivity index (χ3n) is 4.29. The maximum Gasteiger partial charge on any atom is 0.251 e. The molecule has 3 rings (SSSR count). The molecule has 4 nitrogen and oxygen atoms in total. The lowest BCUT2D eigenvalue weighted by Gasteiger charge is -2.29. The molecule has 1 fully saturated rings. The summed E-state index contributed by atoms with van der Waals surface area (Å²) in [7, 11) is 0. The molecular formula is C16H22N2O2. The fraction of sp³-hybridized carbons (Fsp3) is 0.562. The van der Waals surface area contributed by atoms with Crippen LogP contribution in [0.1, 0.15) is 47.7 Å². The summed E-state index contributed by atoms with van der Waals surface area (Å²) in [5.41, 5.74) is 3.07. The number of hydrogen-bond donors (Lipinski definition) is 2. The second-order valence-corrected chi connectivity index (χ2v) is 5.79. The normalized spacial score (nSPS) is 23.1. The van der Waals surface area contributed by atoms with E-state index < -0.39 is 0 Å². The Balaban J connectivity index is 1.63. The van der Waals surface area contributed by atoms with Crippen molar-refractivity contribution in [3.63, 3.8) is 0 Å². The van der Waals surface area contributed by atoms with Gasteiger partial charge in [-0.1, -0.05) is 12.5 Å². The minimum Gasteiger partial charge on any atom is -0.372 e. The van der Waals surface area contributed by atoms with Gasteiger partial charge in [-0.15, -0.1) is 0 Å². The summed E-state index contributed by atoms with van der Waals surface area (Å²) in [4.78, 5) is 12.3. The van der Waals surface area contributed by atoms with E-state index in [9.17, 15) is 4.79 Å². The first-order valence-electron chi connectivity index (χ1n) is 7.48. The van der Waals surface area contributed by atoms with E-state index in [2.05, 4.69) is 17.6 Å². The van der Waals surface area contributed by atoms with Crippen LogP contribution in [0.15, 0.2) is 18.2 Å². The summed E-state index contributed by atoms with van der Waals surface area (Å²) in [5, 5.41) is 6.60. The Bertz CT molecular complexity index is 495. The van der Waals surface area contributed by atoms with Crippen molar-refractivity contribution in [1.82, 2.24) is 10.6 Å². The molecule has 2 N–H and O–H groups in total. The van der Waals surface area contributed by atoms with Crippen molar-refractivity contribution in [3.8, 4) is 0 Å². The number of fused-ring (bicyclic) bond motifs is 1. The maximum absolute atomic E-state index is 12.3. The highest BCUT2D eigenvalue weighted by molar-refractivity contribution is 5.94. The lowest BCUT2D eigenvalue weighted by molar-refractivity contribution is 0.0928. The summed E-state index contributed by atoms with van der Waals surface area (Å²) in [5.74, 6) is 0.0135. The molecule has 2 atom stereocenters. The van der Waals surface area contributed by atoms with Gasteiger partial charge in [-0.3, -0.25) is 4.79 Å². The number of amides is 1. The standard InChI is InChI=1S/C16H22N2O2/c1-11(15-4-2-3-7-17-15)18-16(19)12-5-6-13-9-20-10-14(13)8-12/h5-6,8,11,15,17H,2-4,7,9-10H2,1H3,(H,18,19). The van der Waals surface area contributed by atoms with Crippen molar-refractivity contribution in [2.75, 3.05) is 6.54 Å². The van der Waals surface area contributed by atoms with E-state index in [0.717, 1.165) is 24.1 Å². The lowest BCUT2D eigenvalue weighted by Crippen LogP contribution is -2.50. The van der Waals surface area contributed by atoms with Crippen LogP contribution in [0, 0.1) is 0 Å². The van der Waals surface area contributed by atoms with E-state index in [-0.39, 0.29) is 11.9 Å². The molecule has 0 aliphatic carbocycles. The van der Waals surface area contributed by atoms with Crippen LogP contribution in [-0.2, 0) is 18.0 Å². The second kappa shape index (κ2) is 5.94. The van der Waals surface area contributed by atoms with E-state index in [0.29, 0.717) is 19.3 Å². The lowest BCUT2D eigenvalue weighted by atomic mass is 9.98. The predicted molar refractivity (Wildman–Crippen MR) is 77.5 cm³/mol. The Morgan fingerprint density at radius 1 is 1.35 bits per heavy atom. The van der Waals surface area contributed by atoms with Gasteiger partial charge < -0.3 is 15.4 Å². The van der Waals surface area contributed by atoms with Gasteiger partial charge in [0.2, 0.25) is 0 Å². The number of ether oxygens (including phenoxy) is 1. The number of rotatable bonds is 3. The molecule has 0 bridgehead atoms. The Kier molecular flexibility index (Phi) is 4.03. The van der Waals surface area contributed by atoms with E-state index in [4.69, 9.17) is 4.74 Å². The third-order valence-corrected chi connectivity index (χ3v) is 4.29. The monoisotopic (exact) mass is 274 g/mol. The minimum atomic E-state index is 0.0135. The number of piperidine rings is 1. The van der Waals surface area contributed by atoms with Crippen LogP contribution in [0.3, 0.4) is 0 Å². The summed E-state index contributed by atoms with van der Waals surface area (Å²) < 4.78 is 5.38. The van der Waals surface area contributed by atoms with Crippen LogP contribution in [0.4, 0.5) is 0 Å². The molecule has 1 aromatic rings. The zero-order valence-corrected chi connectivity index (χ0v) is 11.9. The largest absolute Gasteiger partial charge is 0.372 e. The molecular weight excluding hydrogens is 252 g/mol. The van der Waals surface area contributed by atoms with Gasteiger partial charge >= 0.3 is 0 Å². The molecule has 2 aliphatic heterocycles. The Labute approximate surface area is 119 Å². The zero-order chi connectivity index (χ0) is 13.9. The Morgan fingerprint density at radius 2 is 2.20 bits per heavy atom. The molecule has 4 heteroatoms. The summed E-state index contributed by atoms with van der Waals surface area (Å²) >= 11 is 0. The molecule has 108 valence electrons. The Hall–Kier alpha value is -1.39. The molecule has 1 saturated heterocycles. The van der Waals surface area contributed by atoms with Crippen LogP contribution in [0.5, 0.6) is 0 Å². The first kappa shape index (κ1) is 13.6. The molecule has 2 aliphatic rings. The number of carbonyl (C=O) groups excluding carboxylic acids is 1. The smallest absolute Gasteiger partial charge is 0.251 e. The van der Waals surface area contributed by atoms with E-state index in [1.165, 1.54) is 18.4 Å². The van der Waals surface area contributed by atoms with Gasteiger partial charge in [-0.2, -0.15) is 0 Å².